The Bertz CT molecular complexity index is 552. The molecule has 0 aliphatic carbocycles. The number of hydrogen-bond donors (Lipinski definition) is 1. The highest BCUT2D eigenvalue weighted by molar-refractivity contribution is 9.11. The summed E-state index contributed by atoms with van der Waals surface area (Å²) in [5.74, 6) is 2.11. The van der Waals surface area contributed by atoms with Crippen molar-refractivity contribution in [3.63, 3.8) is 0 Å². The number of halogens is 2. The lowest BCUT2D eigenvalue weighted by atomic mass is 10.2. The Kier molecular flexibility index (Phi) is 5.19. The van der Waals surface area contributed by atoms with Crippen LogP contribution in [0.4, 0.5) is 0 Å². The Morgan fingerprint density at radius 2 is 2.11 bits per heavy atom. The molecule has 0 saturated carbocycles. The molecule has 3 nitrogen and oxygen atoms in total. The highest BCUT2D eigenvalue weighted by Crippen LogP contribution is 2.31. The zero-order chi connectivity index (χ0) is 13.8. The van der Waals surface area contributed by atoms with Gasteiger partial charge in [-0.1, -0.05) is 29.8 Å². The Morgan fingerprint density at radius 3 is 2.79 bits per heavy atom. The fourth-order valence-electron chi connectivity index (χ4n) is 1.67. The number of nitrogens with zero attached hydrogens (tertiary/aromatic N) is 1. The number of oxazole rings is 1. The number of benzene rings is 1. The van der Waals surface area contributed by atoms with Crippen LogP contribution in [0.5, 0.6) is 0 Å². The molecule has 102 valence electrons. The van der Waals surface area contributed by atoms with Crippen molar-refractivity contribution < 1.29 is 4.42 Å². The maximum Gasteiger partial charge on any atom is 0.208 e. The van der Waals surface area contributed by atoms with Crippen LogP contribution < -0.4 is 5.32 Å². The predicted octanol–water partition coefficient (Wildman–Crippen LogP) is 4.61. The van der Waals surface area contributed by atoms with E-state index in [1.54, 1.807) is 6.20 Å². The van der Waals surface area contributed by atoms with Crippen LogP contribution in [-0.2, 0) is 6.54 Å². The van der Waals surface area contributed by atoms with Gasteiger partial charge >= 0.3 is 0 Å². The first-order valence-corrected chi connectivity index (χ1v) is 7.75. The van der Waals surface area contributed by atoms with Gasteiger partial charge in [-0.05, 0) is 46.6 Å². The molecule has 0 saturated heterocycles. The summed E-state index contributed by atoms with van der Waals surface area (Å²) in [6.07, 6.45) is 1.76. The van der Waals surface area contributed by atoms with Crippen LogP contribution in [0.3, 0.4) is 0 Å². The van der Waals surface area contributed by atoms with E-state index in [1.807, 2.05) is 18.2 Å². The standard InChI is InChI=1S/C14H16Br2N2O/c1-9(2)6-17-8-14-18-7-13(19-14)11-4-3-10(15)5-12(11)16/h3-5,7,9,17H,6,8H2,1-2H3. The van der Waals surface area contributed by atoms with Gasteiger partial charge in [0.25, 0.3) is 0 Å². The van der Waals surface area contributed by atoms with Gasteiger partial charge in [0.05, 0.1) is 12.7 Å². The molecule has 0 unspecified atom stereocenters. The zero-order valence-corrected chi connectivity index (χ0v) is 14.1. The van der Waals surface area contributed by atoms with Crippen LogP contribution in [0.15, 0.2) is 37.8 Å². The molecule has 1 N–H and O–H groups in total. The smallest absolute Gasteiger partial charge is 0.208 e. The van der Waals surface area contributed by atoms with E-state index in [0.717, 1.165) is 26.8 Å². The Balaban J connectivity index is 2.08. The largest absolute Gasteiger partial charge is 0.439 e. The number of aromatic nitrogens is 1. The van der Waals surface area contributed by atoms with Crippen molar-refractivity contribution in [2.75, 3.05) is 6.54 Å². The summed E-state index contributed by atoms with van der Waals surface area (Å²) in [4.78, 5) is 4.29. The second-order valence-electron chi connectivity index (χ2n) is 4.77. The van der Waals surface area contributed by atoms with Gasteiger partial charge in [0.1, 0.15) is 0 Å². The van der Waals surface area contributed by atoms with E-state index < -0.39 is 0 Å². The van der Waals surface area contributed by atoms with Gasteiger partial charge in [-0.2, -0.15) is 0 Å². The molecule has 0 atom stereocenters. The quantitative estimate of drug-likeness (QED) is 0.813. The molecule has 0 bridgehead atoms. The lowest BCUT2D eigenvalue weighted by Gasteiger charge is -2.04. The van der Waals surface area contributed by atoms with E-state index in [-0.39, 0.29) is 0 Å². The fourth-order valence-corrected chi connectivity index (χ4v) is 2.92. The lowest BCUT2D eigenvalue weighted by molar-refractivity contribution is 0.459. The van der Waals surface area contributed by atoms with Crippen LogP contribution in [0, 0.1) is 5.92 Å². The molecule has 0 amide bonds. The normalized spacial score (nSPS) is 11.2. The second-order valence-corrected chi connectivity index (χ2v) is 6.54. The monoisotopic (exact) mass is 386 g/mol. The summed E-state index contributed by atoms with van der Waals surface area (Å²) < 4.78 is 7.77. The van der Waals surface area contributed by atoms with Crippen LogP contribution >= 0.6 is 31.9 Å². The predicted molar refractivity (Wildman–Crippen MR) is 83.9 cm³/mol. The van der Waals surface area contributed by atoms with Gasteiger partial charge in [-0.25, -0.2) is 4.98 Å². The van der Waals surface area contributed by atoms with Crippen LogP contribution in [0.25, 0.3) is 11.3 Å². The summed E-state index contributed by atoms with van der Waals surface area (Å²) >= 11 is 6.97. The van der Waals surface area contributed by atoms with Crippen LogP contribution in [0.2, 0.25) is 0 Å². The molecule has 2 aromatic rings. The maximum atomic E-state index is 5.75. The van der Waals surface area contributed by atoms with Crippen molar-refractivity contribution in [2.24, 2.45) is 5.92 Å². The molecule has 0 radical (unpaired) electrons. The van der Waals surface area contributed by atoms with Gasteiger partial charge in [0, 0.05) is 14.5 Å². The maximum absolute atomic E-state index is 5.75. The van der Waals surface area contributed by atoms with Gasteiger partial charge in [0.15, 0.2) is 5.76 Å². The van der Waals surface area contributed by atoms with E-state index in [1.165, 1.54) is 0 Å². The molecular formula is C14H16Br2N2O. The molecule has 2 rings (SSSR count). The Labute approximate surface area is 130 Å². The first-order chi connectivity index (χ1) is 9.06. The molecule has 1 aromatic carbocycles. The molecule has 19 heavy (non-hydrogen) atoms. The third-order valence-corrected chi connectivity index (χ3v) is 3.73. The van der Waals surface area contributed by atoms with Crippen molar-refractivity contribution >= 4 is 31.9 Å². The summed E-state index contributed by atoms with van der Waals surface area (Å²) in [5, 5.41) is 3.31. The number of rotatable bonds is 5. The van der Waals surface area contributed by atoms with E-state index in [0.29, 0.717) is 18.4 Å². The summed E-state index contributed by atoms with van der Waals surface area (Å²) in [6, 6.07) is 5.98. The second kappa shape index (κ2) is 6.68. The summed E-state index contributed by atoms with van der Waals surface area (Å²) in [7, 11) is 0. The van der Waals surface area contributed by atoms with E-state index in [2.05, 4.69) is 56.0 Å². The molecular weight excluding hydrogens is 372 g/mol. The zero-order valence-electron chi connectivity index (χ0n) is 10.9. The van der Waals surface area contributed by atoms with Gasteiger partial charge in [-0.3, -0.25) is 0 Å². The van der Waals surface area contributed by atoms with Crippen molar-refractivity contribution in [3.8, 4) is 11.3 Å². The number of nitrogens with one attached hydrogen (secondary N) is 1. The molecule has 1 heterocycles. The van der Waals surface area contributed by atoms with Crippen molar-refractivity contribution in [1.82, 2.24) is 10.3 Å². The van der Waals surface area contributed by atoms with Crippen molar-refractivity contribution in [2.45, 2.75) is 20.4 Å². The molecule has 5 heteroatoms. The third kappa shape index (κ3) is 4.16. The average molecular weight is 388 g/mol. The first-order valence-electron chi connectivity index (χ1n) is 6.17. The minimum Gasteiger partial charge on any atom is -0.439 e. The van der Waals surface area contributed by atoms with Crippen molar-refractivity contribution in [3.05, 3.63) is 39.2 Å². The lowest BCUT2D eigenvalue weighted by Crippen LogP contribution is -2.18. The van der Waals surface area contributed by atoms with Crippen LogP contribution in [-0.4, -0.2) is 11.5 Å². The topological polar surface area (TPSA) is 38.1 Å². The molecule has 0 aliphatic rings. The van der Waals surface area contributed by atoms with Crippen LogP contribution in [0.1, 0.15) is 19.7 Å². The first kappa shape index (κ1) is 14.8. The van der Waals surface area contributed by atoms with E-state index >= 15 is 0 Å². The third-order valence-electron chi connectivity index (χ3n) is 2.58. The van der Waals surface area contributed by atoms with E-state index in [4.69, 9.17) is 4.42 Å². The highest BCUT2D eigenvalue weighted by Gasteiger charge is 2.09. The molecule has 0 aliphatic heterocycles. The average Bonchev–Trinajstić information content (AvgIpc) is 2.77. The van der Waals surface area contributed by atoms with Gasteiger partial charge < -0.3 is 9.73 Å². The van der Waals surface area contributed by atoms with Gasteiger partial charge in [0.2, 0.25) is 5.89 Å². The summed E-state index contributed by atoms with van der Waals surface area (Å²) in [5.41, 5.74) is 1.01. The number of hydrogen-bond acceptors (Lipinski definition) is 3. The molecule has 0 fully saturated rings. The minimum atomic E-state index is 0.620. The Morgan fingerprint density at radius 1 is 1.32 bits per heavy atom. The van der Waals surface area contributed by atoms with Crippen molar-refractivity contribution in [1.29, 1.82) is 0 Å². The Hall–Kier alpha value is -0.650. The van der Waals surface area contributed by atoms with E-state index in [9.17, 15) is 0 Å². The highest BCUT2D eigenvalue weighted by atomic mass is 79.9. The van der Waals surface area contributed by atoms with Gasteiger partial charge in [-0.15, -0.1) is 0 Å². The summed E-state index contributed by atoms with van der Waals surface area (Å²) in [6.45, 7) is 5.96. The fraction of sp³-hybridized carbons (Fsp3) is 0.357. The molecule has 0 spiro atoms. The SMILES string of the molecule is CC(C)CNCc1ncc(-c2ccc(Br)cc2Br)o1. The minimum absolute atomic E-state index is 0.620. The molecule has 1 aromatic heterocycles.